The number of thiophene rings is 1. The number of ether oxygens (including phenoxy) is 2. The van der Waals surface area contributed by atoms with E-state index in [-0.39, 0.29) is 41.1 Å². The number of aliphatic imine (C=N–C) groups is 1. The molecule has 10 heteroatoms. The van der Waals surface area contributed by atoms with Crippen LogP contribution in [0.25, 0.3) is 0 Å². The first-order chi connectivity index (χ1) is 12.7. The maximum absolute atomic E-state index is 12.8. The van der Waals surface area contributed by atoms with Crippen LogP contribution in [0.5, 0.6) is 0 Å². The van der Waals surface area contributed by atoms with Crippen molar-refractivity contribution in [2.45, 2.75) is 30.9 Å². The molecule has 2 unspecified atom stereocenters. The molecule has 0 bridgehead atoms. The smallest absolute Gasteiger partial charge is 0.395 e. The number of thioether (sulfide) groups is 1. The van der Waals surface area contributed by atoms with Gasteiger partial charge in [-0.05, 0) is 24.4 Å². The summed E-state index contributed by atoms with van der Waals surface area (Å²) >= 11 is 2.41. The number of ketones is 1. The van der Waals surface area contributed by atoms with E-state index in [1.54, 1.807) is 17.5 Å². The maximum Gasteiger partial charge on any atom is 0.430 e. The first kappa shape index (κ1) is 21.7. The highest BCUT2D eigenvalue weighted by Crippen LogP contribution is 2.31. The number of hydrogen-bond donors (Lipinski definition) is 1. The second-order valence-corrected chi connectivity index (χ2v) is 7.98. The van der Waals surface area contributed by atoms with Gasteiger partial charge in [-0.3, -0.25) is 4.79 Å². The second kappa shape index (κ2) is 9.54. The number of alkyl halides is 3. The third kappa shape index (κ3) is 6.80. The van der Waals surface area contributed by atoms with Crippen LogP contribution in [0.15, 0.2) is 45.9 Å². The van der Waals surface area contributed by atoms with E-state index in [9.17, 15) is 18.0 Å². The molecule has 148 valence electrons. The fourth-order valence-corrected chi connectivity index (χ4v) is 4.06. The van der Waals surface area contributed by atoms with Crippen LogP contribution in [0.1, 0.15) is 18.2 Å². The van der Waals surface area contributed by atoms with E-state index in [2.05, 4.69) is 11.6 Å². The number of Topliss-reactive ketones (excluding diaryl/α,β-unsaturated/α-hetero) is 1. The molecule has 0 amide bonds. The first-order valence-corrected chi connectivity index (χ1v) is 9.64. The van der Waals surface area contributed by atoms with Crippen LogP contribution < -0.4 is 5.73 Å². The van der Waals surface area contributed by atoms with Crippen molar-refractivity contribution in [2.24, 2.45) is 10.7 Å². The molecular weight excluding hydrogens is 401 g/mol. The zero-order chi connectivity index (χ0) is 20.0. The molecule has 2 rings (SSSR count). The zero-order valence-corrected chi connectivity index (χ0v) is 16.1. The summed E-state index contributed by atoms with van der Waals surface area (Å²) in [5, 5.41) is 1.68. The summed E-state index contributed by atoms with van der Waals surface area (Å²) in [7, 11) is 0. The Kier molecular flexibility index (Phi) is 7.66. The van der Waals surface area contributed by atoms with E-state index < -0.39 is 11.9 Å². The Morgan fingerprint density at radius 1 is 1.59 bits per heavy atom. The number of nitrogens with two attached hydrogens (primary N) is 1. The van der Waals surface area contributed by atoms with E-state index in [0.29, 0.717) is 11.5 Å². The predicted octanol–water partition coefficient (Wildman–Crippen LogP) is 3.87. The van der Waals surface area contributed by atoms with Gasteiger partial charge in [0.2, 0.25) is 0 Å². The number of hydrogen-bond acceptors (Lipinski definition) is 7. The van der Waals surface area contributed by atoms with Crippen LogP contribution in [-0.4, -0.2) is 42.4 Å². The first-order valence-electron chi connectivity index (χ1n) is 7.88. The highest BCUT2D eigenvalue weighted by Gasteiger charge is 2.32. The average Bonchev–Trinajstić information content (AvgIpc) is 3.26. The molecule has 1 aromatic rings. The summed E-state index contributed by atoms with van der Waals surface area (Å²) in [6.45, 7) is 5.74. The molecular formula is C17H19F3N2O3S2. The SMILES string of the molecule is C=C(/N=C(\C=C(/N)C(F)(F)F)c1cccs1)SC(CC(C)=O)C1COCO1. The number of rotatable bonds is 8. The van der Waals surface area contributed by atoms with Gasteiger partial charge in [-0.25, -0.2) is 4.99 Å². The van der Waals surface area contributed by atoms with Gasteiger partial charge in [0.25, 0.3) is 0 Å². The third-order valence-electron chi connectivity index (χ3n) is 3.48. The van der Waals surface area contributed by atoms with Crippen LogP contribution >= 0.6 is 23.1 Å². The summed E-state index contributed by atoms with van der Waals surface area (Å²) in [6.07, 6.45) is -3.97. The van der Waals surface area contributed by atoms with Crippen molar-refractivity contribution in [3.8, 4) is 0 Å². The Hall–Kier alpha value is -1.62. The van der Waals surface area contributed by atoms with Crippen LogP contribution in [0.2, 0.25) is 0 Å². The lowest BCUT2D eigenvalue weighted by atomic mass is 10.1. The van der Waals surface area contributed by atoms with Gasteiger partial charge in [-0.2, -0.15) is 13.2 Å². The molecule has 27 heavy (non-hydrogen) atoms. The van der Waals surface area contributed by atoms with Gasteiger partial charge in [-0.1, -0.05) is 12.6 Å². The van der Waals surface area contributed by atoms with Crippen molar-refractivity contribution in [1.29, 1.82) is 0 Å². The van der Waals surface area contributed by atoms with E-state index in [1.165, 1.54) is 30.0 Å². The Balaban J connectivity index is 2.23. The van der Waals surface area contributed by atoms with Crippen LogP contribution in [0.4, 0.5) is 13.2 Å². The summed E-state index contributed by atoms with van der Waals surface area (Å²) in [4.78, 5) is 16.3. The van der Waals surface area contributed by atoms with Gasteiger partial charge in [-0.15, -0.1) is 23.1 Å². The van der Waals surface area contributed by atoms with Gasteiger partial charge in [0, 0.05) is 11.7 Å². The molecule has 0 aliphatic carbocycles. The summed E-state index contributed by atoms with van der Waals surface area (Å²) in [6, 6.07) is 3.34. The lowest BCUT2D eigenvalue weighted by Gasteiger charge is -2.20. The van der Waals surface area contributed by atoms with Gasteiger partial charge >= 0.3 is 6.18 Å². The number of allylic oxidation sites excluding steroid dienone is 2. The molecule has 0 aromatic carbocycles. The van der Waals surface area contributed by atoms with Crippen molar-refractivity contribution in [3.05, 3.63) is 45.8 Å². The lowest BCUT2D eigenvalue weighted by Crippen LogP contribution is -2.27. The molecule has 2 heterocycles. The lowest BCUT2D eigenvalue weighted by molar-refractivity contribution is -0.117. The van der Waals surface area contributed by atoms with Gasteiger partial charge in [0.05, 0.1) is 28.3 Å². The Labute approximate surface area is 163 Å². The Morgan fingerprint density at radius 2 is 2.33 bits per heavy atom. The maximum atomic E-state index is 12.8. The average molecular weight is 420 g/mol. The summed E-state index contributed by atoms with van der Waals surface area (Å²) in [5.74, 6) is -0.0422. The number of nitrogens with zero attached hydrogens (tertiary/aromatic N) is 1. The Bertz CT molecular complexity index is 724. The summed E-state index contributed by atoms with van der Waals surface area (Å²) < 4.78 is 49.0. The quantitative estimate of drug-likeness (QED) is 0.647. The van der Waals surface area contributed by atoms with Crippen LogP contribution in [0.3, 0.4) is 0 Å². The van der Waals surface area contributed by atoms with Crippen molar-refractivity contribution in [2.75, 3.05) is 13.4 Å². The normalized spacial score (nSPS) is 19.9. The molecule has 5 nitrogen and oxygen atoms in total. The molecule has 2 N–H and O–H groups in total. The molecule has 0 spiro atoms. The van der Waals surface area contributed by atoms with Gasteiger partial charge in [0.1, 0.15) is 18.3 Å². The monoisotopic (exact) mass is 420 g/mol. The number of carbonyl (C=O) groups excluding carboxylic acids is 1. The summed E-state index contributed by atoms with van der Waals surface area (Å²) in [5.41, 5.74) is 3.95. The molecule has 0 saturated carbocycles. The van der Waals surface area contributed by atoms with E-state index in [4.69, 9.17) is 15.2 Å². The van der Waals surface area contributed by atoms with Crippen molar-refractivity contribution < 1.29 is 27.4 Å². The molecule has 1 aromatic heterocycles. The number of carbonyl (C=O) groups is 1. The van der Waals surface area contributed by atoms with Crippen molar-refractivity contribution in [1.82, 2.24) is 0 Å². The molecule has 1 aliphatic heterocycles. The van der Waals surface area contributed by atoms with Crippen LogP contribution in [-0.2, 0) is 14.3 Å². The minimum absolute atomic E-state index is 0.0422. The van der Waals surface area contributed by atoms with Crippen molar-refractivity contribution >= 4 is 34.6 Å². The minimum Gasteiger partial charge on any atom is -0.395 e. The van der Waals surface area contributed by atoms with E-state index in [0.717, 1.165) is 6.08 Å². The fraction of sp³-hybridized carbons (Fsp3) is 0.412. The van der Waals surface area contributed by atoms with Crippen LogP contribution in [0, 0.1) is 0 Å². The largest absolute Gasteiger partial charge is 0.430 e. The fourth-order valence-electron chi connectivity index (χ4n) is 2.24. The second-order valence-electron chi connectivity index (χ2n) is 5.72. The predicted molar refractivity (Wildman–Crippen MR) is 101 cm³/mol. The van der Waals surface area contributed by atoms with Crippen molar-refractivity contribution in [3.63, 3.8) is 0 Å². The van der Waals surface area contributed by atoms with Gasteiger partial charge in [0.15, 0.2) is 0 Å². The van der Waals surface area contributed by atoms with E-state index >= 15 is 0 Å². The topological polar surface area (TPSA) is 73.9 Å². The highest BCUT2D eigenvalue weighted by atomic mass is 32.2. The molecule has 2 atom stereocenters. The van der Waals surface area contributed by atoms with E-state index in [1.807, 2.05) is 0 Å². The molecule has 1 fully saturated rings. The standard InChI is InChI=1S/C17H19F3N2O3S2/c1-10(23)6-15(13-8-24-9-25-13)27-11(2)22-12(14-4-3-5-26-14)7-16(21)17(18,19)20/h3-5,7,13,15H,2,6,8-9,21H2,1H3/b16-7-,22-12+. The molecule has 0 radical (unpaired) electrons. The highest BCUT2D eigenvalue weighted by molar-refractivity contribution is 8.03. The third-order valence-corrected chi connectivity index (χ3v) is 5.51. The molecule has 1 saturated heterocycles. The zero-order valence-electron chi connectivity index (χ0n) is 14.5. The molecule has 1 aliphatic rings. The van der Waals surface area contributed by atoms with Gasteiger partial charge < -0.3 is 15.2 Å². The Morgan fingerprint density at radius 3 is 2.85 bits per heavy atom. The number of halogens is 3. The minimum atomic E-state index is -4.65.